The van der Waals surface area contributed by atoms with E-state index in [9.17, 15) is 9.59 Å². The molecule has 0 rings (SSSR count). The van der Waals surface area contributed by atoms with Crippen LogP contribution in [0.3, 0.4) is 0 Å². The van der Waals surface area contributed by atoms with Crippen LogP contribution in [-0.2, 0) is 4.79 Å². The molecule has 1 unspecified atom stereocenters. The Bertz CT molecular complexity index is 221. The van der Waals surface area contributed by atoms with Crippen LogP contribution in [0.5, 0.6) is 0 Å². The van der Waals surface area contributed by atoms with E-state index in [1.807, 2.05) is 0 Å². The zero-order valence-corrected chi connectivity index (χ0v) is 10.3. The molecule has 0 bridgehead atoms. The second-order valence-corrected chi connectivity index (χ2v) is 4.06. The molecular formula is C10H19ClN2O2. The molecule has 0 aliphatic heterocycles. The first kappa shape index (κ1) is 14.2. The van der Waals surface area contributed by atoms with Crippen molar-refractivity contribution in [3.63, 3.8) is 0 Å². The minimum Gasteiger partial charge on any atom is -0.327 e. The van der Waals surface area contributed by atoms with E-state index >= 15 is 0 Å². The standard InChI is InChI=1S/C10H19ClN2O2/c1-4-8(2)7-13(3)10(15)12-9(14)5-6-11/h8H,4-7H2,1-3H3,(H,12,14,15). The molecule has 0 aromatic carbocycles. The molecule has 1 N–H and O–H groups in total. The first-order valence-corrected chi connectivity index (χ1v) is 5.65. The van der Waals surface area contributed by atoms with Crippen LogP contribution < -0.4 is 5.32 Å². The first-order chi connectivity index (χ1) is 7.01. The minimum atomic E-state index is -0.356. The van der Waals surface area contributed by atoms with Crippen molar-refractivity contribution >= 4 is 23.5 Å². The van der Waals surface area contributed by atoms with Crippen molar-refractivity contribution in [2.45, 2.75) is 26.7 Å². The lowest BCUT2D eigenvalue weighted by atomic mass is 10.1. The van der Waals surface area contributed by atoms with Crippen LogP contribution in [0.25, 0.3) is 0 Å². The van der Waals surface area contributed by atoms with Gasteiger partial charge in [0.2, 0.25) is 5.91 Å². The van der Waals surface area contributed by atoms with E-state index in [1.54, 1.807) is 7.05 Å². The zero-order chi connectivity index (χ0) is 11.8. The molecule has 4 nitrogen and oxygen atoms in total. The number of halogens is 1. The van der Waals surface area contributed by atoms with Crippen LogP contribution in [-0.4, -0.2) is 36.3 Å². The molecule has 1 atom stereocenters. The minimum absolute atomic E-state index is 0.171. The summed E-state index contributed by atoms with van der Waals surface area (Å²) in [6.07, 6.45) is 1.18. The van der Waals surface area contributed by atoms with E-state index in [2.05, 4.69) is 19.2 Å². The van der Waals surface area contributed by atoms with Gasteiger partial charge in [0.15, 0.2) is 0 Å². The van der Waals surface area contributed by atoms with Crippen LogP contribution in [0.15, 0.2) is 0 Å². The summed E-state index contributed by atoms with van der Waals surface area (Å²) in [4.78, 5) is 24.0. The Morgan fingerprint density at radius 2 is 2.07 bits per heavy atom. The molecule has 88 valence electrons. The number of carbonyl (C=O) groups excluding carboxylic acids is 2. The maximum Gasteiger partial charge on any atom is 0.323 e. The third-order valence-electron chi connectivity index (χ3n) is 2.20. The smallest absolute Gasteiger partial charge is 0.323 e. The molecule has 0 heterocycles. The molecule has 5 heteroatoms. The third-order valence-corrected chi connectivity index (χ3v) is 2.39. The number of carbonyl (C=O) groups is 2. The Balaban J connectivity index is 3.93. The first-order valence-electron chi connectivity index (χ1n) is 5.12. The van der Waals surface area contributed by atoms with Gasteiger partial charge in [0.25, 0.3) is 0 Å². The lowest BCUT2D eigenvalue weighted by molar-refractivity contribution is -0.119. The summed E-state index contributed by atoms with van der Waals surface area (Å²) in [5.41, 5.74) is 0. The monoisotopic (exact) mass is 234 g/mol. The Labute approximate surface area is 96.0 Å². The zero-order valence-electron chi connectivity index (χ0n) is 9.55. The normalized spacial score (nSPS) is 12.0. The number of nitrogens with zero attached hydrogens (tertiary/aromatic N) is 1. The highest BCUT2D eigenvalue weighted by atomic mass is 35.5. The van der Waals surface area contributed by atoms with Gasteiger partial charge >= 0.3 is 6.03 Å². The summed E-state index contributed by atoms with van der Waals surface area (Å²) in [7, 11) is 1.68. The molecular weight excluding hydrogens is 216 g/mol. The number of amides is 3. The van der Waals surface area contributed by atoms with E-state index in [-0.39, 0.29) is 24.2 Å². The van der Waals surface area contributed by atoms with Crippen molar-refractivity contribution < 1.29 is 9.59 Å². The fourth-order valence-electron chi connectivity index (χ4n) is 1.04. The number of rotatable bonds is 5. The predicted octanol–water partition coefficient (Wildman–Crippen LogP) is 1.83. The van der Waals surface area contributed by atoms with E-state index in [1.165, 1.54) is 4.90 Å². The summed E-state index contributed by atoms with van der Waals surface area (Å²) in [5.74, 6) is 0.337. The van der Waals surface area contributed by atoms with Crippen LogP contribution in [0.1, 0.15) is 26.7 Å². The maximum atomic E-state index is 11.4. The average molecular weight is 235 g/mol. The fraction of sp³-hybridized carbons (Fsp3) is 0.800. The van der Waals surface area contributed by atoms with Gasteiger partial charge in [0.05, 0.1) is 0 Å². The molecule has 0 aromatic rings. The molecule has 0 spiro atoms. The lowest BCUT2D eigenvalue weighted by Gasteiger charge is -2.20. The molecule has 0 saturated heterocycles. The van der Waals surface area contributed by atoms with Crippen molar-refractivity contribution in [1.29, 1.82) is 0 Å². The summed E-state index contributed by atoms with van der Waals surface area (Å²) >= 11 is 5.38. The lowest BCUT2D eigenvalue weighted by Crippen LogP contribution is -2.42. The summed E-state index contributed by atoms with van der Waals surface area (Å²) in [6, 6.07) is -0.356. The summed E-state index contributed by atoms with van der Waals surface area (Å²) in [6.45, 7) is 4.77. The number of nitrogens with one attached hydrogen (secondary N) is 1. The molecule has 0 radical (unpaired) electrons. The molecule has 0 aliphatic rings. The SMILES string of the molecule is CCC(C)CN(C)C(=O)NC(=O)CCCl. The van der Waals surface area contributed by atoms with Crippen LogP contribution in [0.4, 0.5) is 4.79 Å². The Morgan fingerprint density at radius 1 is 1.47 bits per heavy atom. The highest BCUT2D eigenvalue weighted by Crippen LogP contribution is 2.02. The number of urea groups is 1. The molecule has 15 heavy (non-hydrogen) atoms. The molecule has 0 aromatic heterocycles. The maximum absolute atomic E-state index is 11.4. The molecule has 0 fully saturated rings. The van der Waals surface area contributed by atoms with Crippen LogP contribution in [0, 0.1) is 5.92 Å². The van der Waals surface area contributed by atoms with E-state index < -0.39 is 0 Å². The van der Waals surface area contributed by atoms with Gasteiger partial charge in [-0.2, -0.15) is 0 Å². The van der Waals surface area contributed by atoms with Gasteiger partial charge in [-0.1, -0.05) is 20.3 Å². The quantitative estimate of drug-likeness (QED) is 0.738. The second-order valence-electron chi connectivity index (χ2n) is 3.69. The Kier molecular flexibility index (Phi) is 7.13. The molecule has 0 saturated carbocycles. The van der Waals surface area contributed by atoms with Crippen molar-refractivity contribution in [2.75, 3.05) is 19.5 Å². The number of hydrogen-bond acceptors (Lipinski definition) is 2. The van der Waals surface area contributed by atoms with Gasteiger partial charge in [-0.15, -0.1) is 11.6 Å². The van der Waals surface area contributed by atoms with Crippen LogP contribution in [0.2, 0.25) is 0 Å². The fourth-order valence-corrected chi connectivity index (χ4v) is 1.21. The highest BCUT2D eigenvalue weighted by Gasteiger charge is 2.13. The van der Waals surface area contributed by atoms with Gasteiger partial charge in [-0.05, 0) is 5.92 Å². The summed E-state index contributed by atoms with van der Waals surface area (Å²) in [5, 5.41) is 2.27. The predicted molar refractivity (Wildman–Crippen MR) is 61.0 cm³/mol. The largest absolute Gasteiger partial charge is 0.327 e. The van der Waals surface area contributed by atoms with Crippen molar-refractivity contribution in [3.05, 3.63) is 0 Å². The van der Waals surface area contributed by atoms with Gasteiger partial charge in [0.1, 0.15) is 0 Å². The number of imide groups is 1. The van der Waals surface area contributed by atoms with Gasteiger partial charge in [0, 0.05) is 25.9 Å². The van der Waals surface area contributed by atoms with E-state index in [0.29, 0.717) is 12.5 Å². The van der Waals surface area contributed by atoms with E-state index in [4.69, 9.17) is 11.6 Å². The average Bonchev–Trinajstić information content (AvgIpc) is 2.17. The van der Waals surface area contributed by atoms with Gasteiger partial charge < -0.3 is 4.90 Å². The van der Waals surface area contributed by atoms with Crippen molar-refractivity contribution in [1.82, 2.24) is 10.2 Å². The van der Waals surface area contributed by atoms with Crippen molar-refractivity contribution in [3.8, 4) is 0 Å². The number of hydrogen-bond donors (Lipinski definition) is 1. The van der Waals surface area contributed by atoms with Gasteiger partial charge in [-0.3, -0.25) is 10.1 Å². The van der Waals surface area contributed by atoms with Gasteiger partial charge in [-0.25, -0.2) is 4.79 Å². The van der Waals surface area contributed by atoms with Crippen LogP contribution >= 0.6 is 11.6 Å². The Morgan fingerprint density at radius 3 is 2.53 bits per heavy atom. The number of alkyl halides is 1. The second kappa shape index (κ2) is 7.51. The molecule has 3 amide bonds. The topological polar surface area (TPSA) is 49.4 Å². The Hall–Kier alpha value is -0.770. The summed E-state index contributed by atoms with van der Waals surface area (Å²) < 4.78 is 0. The molecule has 0 aliphatic carbocycles. The van der Waals surface area contributed by atoms with Crippen molar-refractivity contribution in [2.24, 2.45) is 5.92 Å². The highest BCUT2D eigenvalue weighted by molar-refractivity contribution is 6.19. The third kappa shape index (κ3) is 6.33. The van der Waals surface area contributed by atoms with E-state index in [0.717, 1.165) is 6.42 Å².